The Morgan fingerprint density at radius 2 is 2.17 bits per heavy atom. The predicted molar refractivity (Wildman–Crippen MR) is 74.1 cm³/mol. The number of halogens is 1. The zero-order valence-electron chi connectivity index (χ0n) is 10.9. The van der Waals surface area contributed by atoms with E-state index >= 15 is 0 Å². The zero-order valence-corrected chi connectivity index (χ0v) is 11.7. The van der Waals surface area contributed by atoms with Gasteiger partial charge in [0.15, 0.2) is 0 Å². The molecule has 1 amide bonds. The van der Waals surface area contributed by atoms with Gasteiger partial charge < -0.3 is 15.8 Å². The maximum absolute atomic E-state index is 11.9. The molecule has 0 spiro atoms. The Morgan fingerprint density at radius 3 is 2.67 bits per heavy atom. The highest BCUT2D eigenvalue weighted by atomic mass is 35.5. The van der Waals surface area contributed by atoms with Gasteiger partial charge in [-0.2, -0.15) is 0 Å². The van der Waals surface area contributed by atoms with Crippen LogP contribution in [0.2, 0.25) is 5.02 Å². The lowest BCUT2D eigenvalue weighted by Crippen LogP contribution is -2.37. The fraction of sp³-hybridized carbons (Fsp3) is 0.462. The van der Waals surface area contributed by atoms with Crippen LogP contribution in [0.1, 0.15) is 20.8 Å². The number of ether oxygens (including phenoxy) is 1. The van der Waals surface area contributed by atoms with Crippen LogP contribution in [0.3, 0.4) is 0 Å². The Bertz CT molecular complexity index is 433. The van der Waals surface area contributed by atoms with E-state index in [4.69, 9.17) is 22.1 Å². The van der Waals surface area contributed by atoms with E-state index in [1.165, 1.54) is 0 Å². The second-order valence-corrected chi connectivity index (χ2v) is 5.03. The molecule has 0 saturated carbocycles. The lowest BCUT2D eigenvalue weighted by molar-refractivity contribution is -0.123. The van der Waals surface area contributed by atoms with Crippen molar-refractivity contribution in [1.82, 2.24) is 0 Å². The summed E-state index contributed by atoms with van der Waals surface area (Å²) in [6.45, 7) is 6.29. The lowest BCUT2D eigenvalue weighted by atomic mass is 9.92. The van der Waals surface area contributed by atoms with Crippen LogP contribution in [0.25, 0.3) is 0 Å². The first-order chi connectivity index (χ1) is 8.40. The summed E-state index contributed by atoms with van der Waals surface area (Å²) < 4.78 is 5.32. The van der Waals surface area contributed by atoms with E-state index in [9.17, 15) is 4.79 Å². The molecule has 4 nitrogen and oxygen atoms in total. The fourth-order valence-corrected chi connectivity index (χ4v) is 1.48. The second kappa shape index (κ2) is 6.07. The molecule has 0 aliphatic heterocycles. The van der Waals surface area contributed by atoms with E-state index in [1.54, 1.807) is 32.0 Å². The molecule has 5 heteroatoms. The Hall–Kier alpha value is -1.26. The van der Waals surface area contributed by atoms with E-state index in [0.717, 1.165) is 0 Å². The van der Waals surface area contributed by atoms with Gasteiger partial charge >= 0.3 is 0 Å². The van der Waals surface area contributed by atoms with Crippen LogP contribution in [0.15, 0.2) is 18.2 Å². The van der Waals surface area contributed by atoms with E-state index < -0.39 is 5.41 Å². The molecule has 1 rings (SSSR count). The van der Waals surface area contributed by atoms with Crippen molar-refractivity contribution in [3.63, 3.8) is 0 Å². The summed E-state index contributed by atoms with van der Waals surface area (Å²) in [5.41, 5.74) is 5.58. The highest BCUT2D eigenvalue weighted by Gasteiger charge is 2.25. The van der Waals surface area contributed by atoms with Gasteiger partial charge in [-0.3, -0.25) is 4.79 Å². The van der Waals surface area contributed by atoms with Gasteiger partial charge in [0.2, 0.25) is 5.91 Å². The summed E-state index contributed by atoms with van der Waals surface area (Å²) in [6, 6.07) is 5.15. The van der Waals surface area contributed by atoms with Gasteiger partial charge in [-0.1, -0.05) is 11.6 Å². The average molecular weight is 271 g/mol. The molecule has 1 aromatic rings. The standard InChI is InChI=1S/C13H19ClN2O2/c1-4-18-11-6-5-9(7-10(11)14)16-12(17)13(2,3)8-15/h5-7H,4,8,15H2,1-3H3,(H,16,17). The number of carbonyl (C=O) groups is 1. The topological polar surface area (TPSA) is 64.3 Å². The van der Waals surface area contributed by atoms with E-state index in [-0.39, 0.29) is 12.5 Å². The number of benzene rings is 1. The summed E-state index contributed by atoms with van der Waals surface area (Å²) >= 11 is 6.04. The summed E-state index contributed by atoms with van der Waals surface area (Å²) in [5.74, 6) is 0.473. The average Bonchev–Trinajstić information content (AvgIpc) is 2.32. The van der Waals surface area contributed by atoms with Crippen LogP contribution < -0.4 is 15.8 Å². The molecule has 0 atom stereocenters. The third-order valence-electron chi connectivity index (χ3n) is 2.61. The molecule has 0 aromatic heterocycles. The molecule has 1 aromatic carbocycles. The Labute approximate surface area is 112 Å². The zero-order chi connectivity index (χ0) is 13.8. The van der Waals surface area contributed by atoms with Crippen LogP contribution in [0, 0.1) is 5.41 Å². The van der Waals surface area contributed by atoms with E-state index in [2.05, 4.69) is 5.32 Å². The van der Waals surface area contributed by atoms with Crippen LogP contribution in [-0.4, -0.2) is 19.1 Å². The molecule has 0 saturated heterocycles. The Balaban J connectivity index is 2.81. The first-order valence-electron chi connectivity index (χ1n) is 5.84. The van der Waals surface area contributed by atoms with E-state index in [0.29, 0.717) is 23.1 Å². The minimum Gasteiger partial charge on any atom is -0.492 e. The summed E-state index contributed by atoms with van der Waals surface area (Å²) in [7, 11) is 0. The van der Waals surface area contributed by atoms with Gasteiger partial charge in [0.05, 0.1) is 17.0 Å². The van der Waals surface area contributed by atoms with Crippen molar-refractivity contribution >= 4 is 23.2 Å². The first kappa shape index (κ1) is 14.8. The third kappa shape index (κ3) is 3.62. The van der Waals surface area contributed by atoms with Crippen LogP contribution in [0.5, 0.6) is 5.75 Å². The number of hydrogen-bond acceptors (Lipinski definition) is 3. The highest BCUT2D eigenvalue weighted by Crippen LogP contribution is 2.28. The molecular weight excluding hydrogens is 252 g/mol. The molecule has 0 unspecified atom stereocenters. The molecule has 0 aliphatic rings. The van der Waals surface area contributed by atoms with Crippen molar-refractivity contribution in [3.8, 4) is 5.75 Å². The van der Waals surface area contributed by atoms with Crippen LogP contribution in [0.4, 0.5) is 5.69 Å². The molecule has 0 aliphatic carbocycles. The van der Waals surface area contributed by atoms with Gasteiger partial charge in [-0.25, -0.2) is 0 Å². The van der Waals surface area contributed by atoms with E-state index in [1.807, 2.05) is 6.92 Å². The smallest absolute Gasteiger partial charge is 0.231 e. The number of nitrogens with one attached hydrogen (secondary N) is 1. The molecule has 3 N–H and O–H groups in total. The van der Waals surface area contributed by atoms with Crippen molar-refractivity contribution in [2.24, 2.45) is 11.1 Å². The van der Waals surface area contributed by atoms with Gasteiger partial charge in [-0.15, -0.1) is 0 Å². The number of hydrogen-bond donors (Lipinski definition) is 2. The van der Waals surface area contributed by atoms with Gasteiger partial charge in [0, 0.05) is 12.2 Å². The highest BCUT2D eigenvalue weighted by molar-refractivity contribution is 6.32. The number of rotatable bonds is 5. The van der Waals surface area contributed by atoms with Gasteiger partial charge in [-0.05, 0) is 39.0 Å². The maximum atomic E-state index is 11.9. The van der Waals surface area contributed by atoms with Crippen molar-refractivity contribution in [3.05, 3.63) is 23.2 Å². The van der Waals surface area contributed by atoms with Gasteiger partial charge in [0.25, 0.3) is 0 Å². The monoisotopic (exact) mass is 270 g/mol. The second-order valence-electron chi connectivity index (χ2n) is 4.62. The fourth-order valence-electron chi connectivity index (χ4n) is 1.24. The number of amides is 1. The minimum atomic E-state index is -0.606. The molecular formula is C13H19ClN2O2. The first-order valence-corrected chi connectivity index (χ1v) is 6.22. The molecule has 0 radical (unpaired) electrons. The summed E-state index contributed by atoms with van der Waals surface area (Å²) in [6.07, 6.45) is 0. The number of carbonyl (C=O) groups excluding carboxylic acids is 1. The van der Waals surface area contributed by atoms with Crippen LogP contribution in [-0.2, 0) is 4.79 Å². The summed E-state index contributed by atoms with van der Waals surface area (Å²) in [5, 5.41) is 3.26. The van der Waals surface area contributed by atoms with Crippen molar-refractivity contribution < 1.29 is 9.53 Å². The number of nitrogens with two attached hydrogens (primary N) is 1. The predicted octanol–water partition coefficient (Wildman–Crippen LogP) is 2.66. The molecule has 18 heavy (non-hydrogen) atoms. The lowest BCUT2D eigenvalue weighted by Gasteiger charge is -2.21. The molecule has 0 bridgehead atoms. The van der Waals surface area contributed by atoms with Crippen molar-refractivity contribution in [2.75, 3.05) is 18.5 Å². The molecule has 100 valence electrons. The Kier molecular flexibility index (Phi) is 4.99. The third-order valence-corrected chi connectivity index (χ3v) is 2.91. The number of anilines is 1. The Morgan fingerprint density at radius 1 is 1.50 bits per heavy atom. The van der Waals surface area contributed by atoms with Gasteiger partial charge in [0.1, 0.15) is 5.75 Å². The quantitative estimate of drug-likeness (QED) is 0.865. The molecule has 0 fully saturated rings. The maximum Gasteiger partial charge on any atom is 0.231 e. The SMILES string of the molecule is CCOc1ccc(NC(=O)C(C)(C)CN)cc1Cl. The minimum absolute atomic E-state index is 0.134. The van der Waals surface area contributed by atoms with Crippen molar-refractivity contribution in [2.45, 2.75) is 20.8 Å². The van der Waals surface area contributed by atoms with Crippen LogP contribution >= 0.6 is 11.6 Å². The summed E-state index contributed by atoms with van der Waals surface area (Å²) in [4.78, 5) is 11.9. The normalized spacial score (nSPS) is 11.2. The molecule has 0 heterocycles. The van der Waals surface area contributed by atoms with Crippen molar-refractivity contribution in [1.29, 1.82) is 0 Å². The largest absolute Gasteiger partial charge is 0.492 e.